The number of nitrogen functional groups attached to an aromatic ring is 1. The molecule has 7 heteroatoms. The number of hydrogen-bond donors (Lipinski definition) is 3. The molecule has 2 heterocycles. The van der Waals surface area contributed by atoms with E-state index in [1.165, 1.54) is 0 Å². The lowest BCUT2D eigenvalue weighted by molar-refractivity contribution is 0.192. The van der Waals surface area contributed by atoms with Gasteiger partial charge in [-0.15, -0.1) is 0 Å². The first-order valence-electron chi connectivity index (χ1n) is 5.57. The van der Waals surface area contributed by atoms with Gasteiger partial charge in [0.25, 0.3) is 0 Å². The van der Waals surface area contributed by atoms with Gasteiger partial charge in [0.05, 0.1) is 11.9 Å². The number of anilines is 2. The van der Waals surface area contributed by atoms with Crippen molar-refractivity contribution in [3.05, 3.63) is 6.20 Å². The van der Waals surface area contributed by atoms with Crippen LogP contribution in [0.5, 0.6) is 0 Å². The summed E-state index contributed by atoms with van der Waals surface area (Å²) in [7, 11) is 1.86. The van der Waals surface area contributed by atoms with Crippen LogP contribution >= 0.6 is 0 Å². The minimum Gasteiger partial charge on any atom is -0.465 e. The highest BCUT2D eigenvalue weighted by Gasteiger charge is 2.26. The Balaban J connectivity index is 1.96. The predicted octanol–water partition coefficient (Wildman–Crippen LogP) is 0.0962. The van der Waals surface area contributed by atoms with Gasteiger partial charge in [-0.2, -0.15) is 5.10 Å². The van der Waals surface area contributed by atoms with Gasteiger partial charge in [0.2, 0.25) is 0 Å². The highest BCUT2D eigenvalue weighted by atomic mass is 16.4. The number of nitrogens with zero attached hydrogens (tertiary/aromatic N) is 3. The molecule has 2 rings (SSSR count). The molecule has 94 valence electrons. The molecule has 0 spiro atoms. The maximum absolute atomic E-state index is 10.4. The Labute approximate surface area is 99.2 Å². The van der Waals surface area contributed by atoms with E-state index in [-0.39, 0.29) is 0 Å². The van der Waals surface area contributed by atoms with Gasteiger partial charge < -0.3 is 21.1 Å². The van der Waals surface area contributed by atoms with Crippen molar-refractivity contribution in [2.45, 2.75) is 6.42 Å². The smallest absolute Gasteiger partial charge is 0.404 e. The molecule has 4 N–H and O–H groups in total. The van der Waals surface area contributed by atoms with E-state index >= 15 is 0 Å². The highest BCUT2D eigenvalue weighted by molar-refractivity contribution is 5.64. The van der Waals surface area contributed by atoms with Gasteiger partial charge in [0.15, 0.2) is 0 Å². The topological polar surface area (TPSA) is 96.4 Å². The average Bonchev–Trinajstić information content (AvgIpc) is 2.83. The van der Waals surface area contributed by atoms with Crippen LogP contribution in [0, 0.1) is 5.92 Å². The zero-order chi connectivity index (χ0) is 12.4. The summed E-state index contributed by atoms with van der Waals surface area (Å²) in [4.78, 5) is 12.6. The molecule has 0 radical (unpaired) electrons. The van der Waals surface area contributed by atoms with Crippen molar-refractivity contribution in [3.63, 3.8) is 0 Å². The molecule has 0 saturated carbocycles. The molecule has 0 bridgehead atoms. The lowest BCUT2D eigenvalue weighted by Crippen LogP contribution is -2.30. The SMILES string of the molecule is Cn1ncc(N)c1N1CC[C@@H](CNC(=O)O)C1. The number of carbonyl (C=O) groups is 1. The Morgan fingerprint density at radius 1 is 1.76 bits per heavy atom. The van der Waals surface area contributed by atoms with Crippen molar-refractivity contribution in [1.29, 1.82) is 0 Å². The molecular weight excluding hydrogens is 222 g/mol. The van der Waals surface area contributed by atoms with Gasteiger partial charge in [-0.1, -0.05) is 0 Å². The van der Waals surface area contributed by atoms with Gasteiger partial charge in [-0.05, 0) is 12.3 Å². The maximum atomic E-state index is 10.4. The lowest BCUT2D eigenvalue weighted by atomic mass is 10.1. The van der Waals surface area contributed by atoms with Crippen LogP contribution in [0.15, 0.2) is 6.20 Å². The molecule has 1 atom stereocenters. The Morgan fingerprint density at radius 2 is 2.53 bits per heavy atom. The third kappa shape index (κ3) is 2.43. The van der Waals surface area contributed by atoms with E-state index in [2.05, 4.69) is 15.3 Å². The number of nitrogens with two attached hydrogens (primary N) is 1. The molecule has 1 fully saturated rings. The predicted molar refractivity (Wildman–Crippen MR) is 64.0 cm³/mol. The summed E-state index contributed by atoms with van der Waals surface area (Å²) in [6, 6.07) is 0. The summed E-state index contributed by atoms with van der Waals surface area (Å²) in [6.45, 7) is 2.18. The van der Waals surface area contributed by atoms with Gasteiger partial charge in [0, 0.05) is 26.7 Å². The van der Waals surface area contributed by atoms with E-state index in [4.69, 9.17) is 10.8 Å². The fourth-order valence-electron chi connectivity index (χ4n) is 2.26. The first-order chi connectivity index (χ1) is 8.08. The number of carboxylic acid groups (broad SMARTS) is 1. The number of aryl methyl sites for hydroxylation is 1. The molecule has 1 aliphatic rings. The molecule has 0 unspecified atom stereocenters. The quantitative estimate of drug-likeness (QED) is 0.695. The van der Waals surface area contributed by atoms with Crippen molar-refractivity contribution in [3.8, 4) is 0 Å². The van der Waals surface area contributed by atoms with E-state index in [1.54, 1.807) is 10.9 Å². The van der Waals surface area contributed by atoms with Crippen LogP contribution in [-0.2, 0) is 7.05 Å². The number of amides is 1. The second kappa shape index (κ2) is 4.52. The van der Waals surface area contributed by atoms with Crippen molar-refractivity contribution < 1.29 is 9.90 Å². The molecule has 1 aliphatic heterocycles. The molecule has 1 amide bonds. The second-order valence-corrected chi connectivity index (χ2v) is 4.33. The fourth-order valence-corrected chi connectivity index (χ4v) is 2.26. The number of hydrogen-bond acceptors (Lipinski definition) is 4. The Kier molecular flexibility index (Phi) is 3.08. The molecule has 0 aromatic carbocycles. The summed E-state index contributed by atoms with van der Waals surface area (Å²) in [5.74, 6) is 1.25. The normalized spacial score (nSPS) is 19.6. The highest BCUT2D eigenvalue weighted by Crippen LogP contribution is 2.27. The summed E-state index contributed by atoms with van der Waals surface area (Å²) in [5, 5.41) is 15.1. The van der Waals surface area contributed by atoms with Gasteiger partial charge in [0.1, 0.15) is 5.82 Å². The zero-order valence-corrected chi connectivity index (χ0v) is 9.76. The summed E-state index contributed by atoms with van der Waals surface area (Å²) in [5.41, 5.74) is 6.52. The number of aromatic nitrogens is 2. The largest absolute Gasteiger partial charge is 0.465 e. The van der Waals surface area contributed by atoms with Crippen LogP contribution in [-0.4, -0.2) is 40.6 Å². The van der Waals surface area contributed by atoms with Crippen LogP contribution < -0.4 is 16.0 Å². The third-order valence-electron chi connectivity index (χ3n) is 3.06. The Hall–Kier alpha value is -1.92. The number of rotatable bonds is 3. The molecule has 17 heavy (non-hydrogen) atoms. The van der Waals surface area contributed by atoms with Crippen LogP contribution in [0.3, 0.4) is 0 Å². The van der Waals surface area contributed by atoms with Crippen molar-refractivity contribution in [1.82, 2.24) is 15.1 Å². The van der Waals surface area contributed by atoms with Crippen molar-refractivity contribution in [2.24, 2.45) is 13.0 Å². The Bertz CT molecular complexity index is 397. The molecule has 1 aromatic heterocycles. The first kappa shape index (κ1) is 11.6. The van der Waals surface area contributed by atoms with Gasteiger partial charge in [-0.25, -0.2) is 4.79 Å². The van der Waals surface area contributed by atoms with Crippen LogP contribution in [0.1, 0.15) is 6.42 Å². The standard InChI is InChI=1S/C10H17N5O2/c1-14-9(8(11)5-13-14)15-3-2-7(6-15)4-12-10(16)17/h5,7,12H,2-4,6,11H2,1H3,(H,16,17)/t7-/m0/s1. The summed E-state index contributed by atoms with van der Waals surface area (Å²) < 4.78 is 1.75. The Morgan fingerprint density at radius 3 is 3.12 bits per heavy atom. The number of nitrogens with one attached hydrogen (secondary N) is 1. The van der Waals surface area contributed by atoms with Crippen LogP contribution in [0.2, 0.25) is 0 Å². The van der Waals surface area contributed by atoms with E-state index in [0.717, 1.165) is 25.3 Å². The van der Waals surface area contributed by atoms with Gasteiger partial charge in [-0.3, -0.25) is 4.68 Å². The van der Waals surface area contributed by atoms with Crippen LogP contribution in [0.4, 0.5) is 16.3 Å². The molecule has 0 aliphatic carbocycles. The average molecular weight is 239 g/mol. The van der Waals surface area contributed by atoms with E-state index in [0.29, 0.717) is 18.2 Å². The van der Waals surface area contributed by atoms with E-state index < -0.39 is 6.09 Å². The lowest BCUT2D eigenvalue weighted by Gasteiger charge is -2.19. The third-order valence-corrected chi connectivity index (χ3v) is 3.06. The molecular formula is C10H17N5O2. The van der Waals surface area contributed by atoms with E-state index in [1.807, 2.05) is 7.05 Å². The zero-order valence-electron chi connectivity index (χ0n) is 9.76. The first-order valence-corrected chi connectivity index (χ1v) is 5.57. The van der Waals surface area contributed by atoms with Gasteiger partial charge >= 0.3 is 6.09 Å². The summed E-state index contributed by atoms with van der Waals surface area (Å²) >= 11 is 0. The molecule has 7 nitrogen and oxygen atoms in total. The minimum atomic E-state index is -0.969. The molecule has 1 saturated heterocycles. The fraction of sp³-hybridized carbons (Fsp3) is 0.600. The minimum absolute atomic E-state index is 0.334. The maximum Gasteiger partial charge on any atom is 0.404 e. The molecule has 1 aromatic rings. The summed E-state index contributed by atoms with van der Waals surface area (Å²) in [6.07, 6.45) is 1.63. The van der Waals surface area contributed by atoms with E-state index in [9.17, 15) is 4.79 Å². The van der Waals surface area contributed by atoms with Crippen LogP contribution in [0.25, 0.3) is 0 Å². The van der Waals surface area contributed by atoms with Crippen molar-refractivity contribution in [2.75, 3.05) is 30.3 Å². The van der Waals surface area contributed by atoms with Crippen molar-refractivity contribution >= 4 is 17.6 Å². The monoisotopic (exact) mass is 239 g/mol. The second-order valence-electron chi connectivity index (χ2n) is 4.33.